The molecule has 0 spiro atoms. The second-order valence-corrected chi connectivity index (χ2v) is 5.76. The number of hydrogen-bond acceptors (Lipinski definition) is 3. The number of aromatic amines is 1. The van der Waals surface area contributed by atoms with Crippen LogP contribution in [-0.4, -0.2) is 30.5 Å². The number of anilines is 1. The van der Waals surface area contributed by atoms with Crippen molar-refractivity contribution in [1.82, 2.24) is 10.3 Å². The molecule has 0 aliphatic heterocycles. The maximum Gasteiger partial charge on any atom is 0.252 e. The van der Waals surface area contributed by atoms with Crippen LogP contribution in [-0.2, 0) is 0 Å². The number of benzene rings is 2. The van der Waals surface area contributed by atoms with E-state index in [1.807, 2.05) is 36.4 Å². The lowest BCUT2D eigenvalue weighted by Crippen LogP contribution is -2.35. The van der Waals surface area contributed by atoms with E-state index < -0.39 is 0 Å². The molecule has 0 saturated carbocycles. The van der Waals surface area contributed by atoms with Gasteiger partial charge in [0.2, 0.25) is 5.56 Å². The molecule has 0 atom stereocenters. The van der Waals surface area contributed by atoms with Gasteiger partial charge in [0.25, 0.3) is 5.91 Å². The van der Waals surface area contributed by atoms with Crippen LogP contribution in [0, 0.1) is 0 Å². The number of rotatable bonds is 6. The Bertz CT molecular complexity index is 919. The van der Waals surface area contributed by atoms with Gasteiger partial charge in [-0.15, -0.1) is 0 Å². The molecule has 2 N–H and O–H groups in total. The molecule has 3 rings (SSSR count). The standard InChI is InChI=1S/C20H21N3O2/c1-2-23(15-8-4-3-5-9-15)13-12-21-20(25)17-14-19(24)22-18-11-7-6-10-16(17)18/h3-11,14H,2,12-13H2,1H3,(H,21,25)(H,22,24). The molecule has 0 aliphatic rings. The number of likely N-dealkylation sites (N-methyl/N-ethyl adjacent to an activating group) is 1. The fourth-order valence-electron chi connectivity index (χ4n) is 2.90. The summed E-state index contributed by atoms with van der Waals surface area (Å²) in [6, 6.07) is 18.8. The van der Waals surface area contributed by atoms with Gasteiger partial charge in [0.15, 0.2) is 0 Å². The minimum atomic E-state index is -0.275. The van der Waals surface area contributed by atoms with Crippen molar-refractivity contribution in [3.8, 4) is 0 Å². The van der Waals surface area contributed by atoms with Gasteiger partial charge in [0.1, 0.15) is 0 Å². The average molecular weight is 335 g/mol. The van der Waals surface area contributed by atoms with Gasteiger partial charge in [-0.25, -0.2) is 0 Å². The highest BCUT2D eigenvalue weighted by Gasteiger charge is 2.12. The highest BCUT2D eigenvalue weighted by Crippen LogP contribution is 2.15. The van der Waals surface area contributed by atoms with Crippen molar-refractivity contribution in [3.63, 3.8) is 0 Å². The fourth-order valence-corrected chi connectivity index (χ4v) is 2.90. The van der Waals surface area contributed by atoms with Gasteiger partial charge in [-0.1, -0.05) is 36.4 Å². The Labute approximate surface area is 146 Å². The van der Waals surface area contributed by atoms with Gasteiger partial charge in [-0.3, -0.25) is 9.59 Å². The summed E-state index contributed by atoms with van der Waals surface area (Å²) in [6.45, 7) is 4.14. The summed E-state index contributed by atoms with van der Waals surface area (Å²) in [5.41, 5.74) is 1.92. The Morgan fingerprint density at radius 3 is 2.56 bits per heavy atom. The van der Waals surface area contributed by atoms with Crippen LogP contribution >= 0.6 is 0 Å². The lowest BCUT2D eigenvalue weighted by Gasteiger charge is -2.23. The maximum atomic E-state index is 12.5. The predicted molar refractivity (Wildman–Crippen MR) is 101 cm³/mol. The van der Waals surface area contributed by atoms with Crippen LogP contribution in [0.4, 0.5) is 5.69 Å². The van der Waals surface area contributed by atoms with E-state index in [-0.39, 0.29) is 11.5 Å². The third-order valence-electron chi connectivity index (χ3n) is 4.17. The lowest BCUT2D eigenvalue weighted by molar-refractivity contribution is 0.0956. The zero-order valence-corrected chi connectivity index (χ0v) is 14.2. The molecule has 0 fully saturated rings. The summed E-state index contributed by atoms with van der Waals surface area (Å²) in [4.78, 5) is 29.2. The van der Waals surface area contributed by atoms with Crippen molar-refractivity contribution in [2.24, 2.45) is 0 Å². The molecule has 2 aromatic carbocycles. The second kappa shape index (κ2) is 7.66. The lowest BCUT2D eigenvalue weighted by atomic mass is 10.1. The van der Waals surface area contributed by atoms with Gasteiger partial charge >= 0.3 is 0 Å². The van der Waals surface area contributed by atoms with E-state index in [4.69, 9.17) is 0 Å². The average Bonchev–Trinajstić information content (AvgIpc) is 2.65. The summed E-state index contributed by atoms with van der Waals surface area (Å²) in [7, 11) is 0. The first-order valence-corrected chi connectivity index (χ1v) is 8.39. The molecule has 128 valence electrons. The topological polar surface area (TPSA) is 65.2 Å². The van der Waals surface area contributed by atoms with Gasteiger partial charge in [-0.05, 0) is 25.1 Å². The molecule has 5 heteroatoms. The van der Waals surface area contributed by atoms with Gasteiger partial charge in [0.05, 0.1) is 5.56 Å². The largest absolute Gasteiger partial charge is 0.370 e. The van der Waals surface area contributed by atoms with Gasteiger partial charge in [0, 0.05) is 42.3 Å². The third kappa shape index (κ3) is 3.88. The van der Waals surface area contributed by atoms with Gasteiger partial charge < -0.3 is 15.2 Å². The number of fused-ring (bicyclic) bond motifs is 1. The Kier molecular flexibility index (Phi) is 5.14. The number of para-hydroxylation sites is 2. The van der Waals surface area contributed by atoms with E-state index in [0.29, 0.717) is 24.2 Å². The Balaban J connectivity index is 1.70. The first kappa shape index (κ1) is 16.8. The Morgan fingerprint density at radius 2 is 1.80 bits per heavy atom. The molecule has 0 aliphatic carbocycles. The summed E-state index contributed by atoms with van der Waals surface area (Å²) in [6.07, 6.45) is 0. The normalized spacial score (nSPS) is 10.6. The molecule has 1 amide bonds. The molecule has 1 heterocycles. The quantitative estimate of drug-likeness (QED) is 0.728. The van der Waals surface area contributed by atoms with Crippen molar-refractivity contribution in [3.05, 3.63) is 76.6 Å². The number of pyridine rings is 1. The second-order valence-electron chi connectivity index (χ2n) is 5.76. The maximum absolute atomic E-state index is 12.5. The Hall–Kier alpha value is -3.08. The van der Waals surface area contributed by atoms with Gasteiger partial charge in [-0.2, -0.15) is 0 Å². The minimum Gasteiger partial charge on any atom is -0.370 e. The number of carbonyl (C=O) groups is 1. The number of amides is 1. The molecule has 25 heavy (non-hydrogen) atoms. The van der Waals surface area contributed by atoms with E-state index >= 15 is 0 Å². The van der Waals surface area contributed by atoms with Crippen molar-refractivity contribution in [2.45, 2.75) is 6.92 Å². The first-order chi connectivity index (χ1) is 12.2. The molecular weight excluding hydrogens is 314 g/mol. The monoisotopic (exact) mass is 335 g/mol. The number of nitrogens with zero attached hydrogens (tertiary/aromatic N) is 1. The summed E-state index contributed by atoms with van der Waals surface area (Å²) in [5.74, 6) is -0.230. The van der Waals surface area contributed by atoms with Crippen LogP contribution in [0.15, 0.2) is 65.5 Å². The van der Waals surface area contributed by atoms with Crippen molar-refractivity contribution < 1.29 is 4.79 Å². The van der Waals surface area contributed by atoms with E-state index in [0.717, 1.165) is 17.6 Å². The molecule has 1 aromatic heterocycles. The summed E-state index contributed by atoms with van der Waals surface area (Å²) >= 11 is 0. The smallest absolute Gasteiger partial charge is 0.252 e. The number of hydrogen-bond donors (Lipinski definition) is 2. The van der Waals surface area contributed by atoms with E-state index in [1.165, 1.54) is 6.07 Å². The van der Waals surface area contributed by atoms with E-state index in [2.05, 4.69) is 34.3 Å². The molecule has 0 unspecified atom stereocenters. The molecule has 0 radical (unpaired) electrons. The SMILES string of the molecule is CCN(CCNC(=O)c1cc(=O)[nH]c2ccccc12)c1ccccc1. The molecule has 0 bridgehead atoms. The van der Waals surface area contributed by atoms with E-state index in [1.54, 1.807) is 6.07 Å². The highest BCUT2D eigenvalue weighted by atomic mass is 16.2. The van der Waals surface area contributed by atoms with Crippen LogP contribution in [0.3, 0.4) is 0 Å². The van der Waals surface area contributed by atoms with Crippen LogP contribution in [0.25, 0.3) is 10.9 Å². The molecular formula is C20H21N3O2. The fraction of sp³-hybridized carbons (Fsp3) is 0.200. The number of carbonyl (C=O) groups excluding carboxylic acids is 1. The van der Waals surface area contributed by atoms with Crippen molar-refractivity contribution >= 4 is 22.5 Å². The summed E-state index contributed by atoms with van der Waals surface area (Å²) in [5, 5.41) is 3.66. The zero-order valence-electron chi connectivity index (χ0n) is 14.2. The number of H-pyrrole nitrogens is 1. The first-order valence-electron chi connectivity index (χ1n) is 8.39. The van der Waals surface area contributed by atoms with Crippen LogP contribution in [0.1, 0.15) is 17.3 Å². The zero-order chi connectivity index (χ0) is 17.6. The predicted octanol–water partition coefficient (Wildman–Crippen LogP) is 2.78. The van der Waals surface area contributed by atoms with Crippen LogP contribution in [0.5, 0.6) is 0 Å². The van der Waals surface area contributed by atoms with Crippen molar-refractivity contribution in [1.29, 1.82) is 0 Å². The highest BCUT2D eigenvalue weighted by molar-refractivity contribution is 6.05. The third-order valence-corrected chi connectivity index (χ3v) is 4.17. The minimum absolute atomic E-state index is 0.230. The van der Waals surface area contributed by atoms with Crippen LogP contribution in [0.2, 0.25) is 0 Å². The molecule has 3 aromatic rings. The number of nitrogens with one attached hydrogen (secondary N) is 2. The van der Waals surface area contributed by atoms with Crippen LogP contribution < -0.4 is 15.8 Å². The van der Waals surface area contributed by atoms with Crippen molar-refractivity contribution in [2.75, 3.05) is 24.5 Å². The molecule has 5 nitrogen and oxygen atoms in total. The Morgan fingerprint density at radius 1 is 1.08 bits per heavy atom. The molecule has 0 saturated heterocycles. The number of aromatic nitrogens is 1. The van der Waals surface area contributed by atoms with E-state index in [9.17, 15) is 9.59 Å². The summed E-state index contributed by atoms with van der Waals surface area (Å²) < 4.78 is 0.